The summed E-state index contributed by atoms with van der Waals surface area (Å²) in [5, 5.41) is 2.48. The number of rotatable bonds is 4. The van der Waals surface area contributed by atoms with Gasteiger partial charge in [-0.1, -0.05) is 12.1 Å². The molecular weight excluding hydrogens is 192 g/mol. The number of carbonyl (C=O) groups excluding carboxylic acids is 1. The van der Waals surface area contributed by atoms with Crippen molar-refractivity contribution in [2.75, 3.05) is 13.7 Å². The van der Waals surface area contributed by atoms with E-state index in [0.29, 0.717) is 5.75 Å². The zero-order valence-electron chi connectivity index (χ0n) is 8.99. The van der Waals surface area contributed by atoms with Crippen LogP contribution in [0.2, 0.25) is 0 Å². The van der Waals surface area contributed by atoms with Crippen LogP contribution in [0.3, 0.4) is 0 Å². The predicted octanol–water partition coefficient (Wildman–Crippen LogP) is 0.831. The highest BCUT2D eigenvalue weighted by molar-refractivity contribution is 5.77. The van der Waals surface area contributed by atoms with Crippen LogP contribution in [-0.2, 0) is 4.79 Å². The number of amides is 1. The highest BCUT2D eigenvalue weighted by Gasteiger charge is 2.01. The Hall–Kier alpha value is -1.55. The fourth-order valence-corrected chi connectivity index (χ4v) is 1.09. The Morgan fingerprint density at radius 2 is 2.07 bits per heavy atom. The quantitative estimate of drug-likeness (QED) is 0.770. The highest BCUT2D eigenvalue weighted by Crippen LogP contribution is 2.15. The number of nitrogens with two attached hydrogens (primary N) is 1. The first-order valence-corrected chi connectivity index (χ1v) is 4.82. The summed E-state index contributed by atoms with van der Waals surface area (Å²) >= 11 is 0. The van der Waals surface area contributed by atoms with Gasteiger partial charge in [0.15, 0.2) is 6.61 Å². The second kappa shape index (κ2) is 5.36. The Balaban J connectivity index is 2.53. The number of likely N-dealkylation sites (N-methyl/N-ethyl adjacent to an activating group) is 1. The number of nitrogens with one attached hydrogen (secondary N) is 1. The molecule has 1 amide bonds. The van der Waals surface area contributed by atoms with Crippen LogP contribution >= 0.6 is 0 Å². The summed E-state index contributed by atoms with van der Waals surface area (Å²) in [4.78, 5) is 10.9. The molecule has 0 aliphatic carbocycles. The average Bonchev–Trinajstić information content (AvgIpc) is 2.26. The molecule has 1 unspecified atom stereocenters. The third-order valence-electron chi connectivity index (χ3n) is 2.05. The zero-order valence-corrected chi connectivity index (χ0v) is 8.99. The second-order valence-corrected chi connectivity index (χ2v) is 3.32. The molecule has 1 rings (SSSR count). The van der Waals surface area contributed by atoms with E-state index in [4.69, 9.17) is 10.5 Å². The van der Waals surface area contributed by atoms with Gasteiger partial charge in [-0.3, -0.25) is 4.79 Å². The number of benzene rings is 1. The Morgan fingerprint density at radius 3 is 2.53 bits per heavy atom. The molecule has 1 aromatic carbocycles. The van der Waals surface area contributed by atoms with Crippen molar-refractivity contribution in [1.82, 2.24) is 5.32 Å². The summed E-state index contributed by atoms with van der Waals surface area (Å²) in [5.74, 6) is 0.522. The molecule has 0 spiro atoms. The van der Waals surface area contributed by atoms with Crippen LogP contribution in [0.15, 0.2) is 24.3 Å². The topological polar surface area (TPSA) is 64.3 Å². The van der Waals surface area contributed by atoms with E-state index in [1.54, 1.807) is 7.05 Å². The maximum Gasteiger partial charge on any atom is 0.257 e. The molecule has 0 saturated carbocycles. The minimum absolute atomic E-state index is 0.0120. The lowest BCUT2D eigenvalue weighted by molar-refractivity contribution is -0.122. The van der Waals surface area contributed by atoms with Crippen molar-refractivity contribution in [3.8, 4) is 5.75 Å². The molecule has 0 saturated heterocycles. The van der Waals surface area contributed by atoms with E-state index in [0.717, 1.165) is 5.56 Å². The van der Waals surface area contributed by atoms with E-state index in [1.165, 1.54) is 0 Å². The monoisotopic (exact) mass is 208 g/mol. The number of hydrogen-bond donors (Lipinski definition) is 2. The molecule has 4 nitrogen and oxygen atoms in total. The first-order valence-electron chi connectivity index (χ1n) is 4.82. The van der Waals surface area contributed by atoms with Crippen LogP contribution in [0.1, 0.15) is 18.5 Å². The Labute approximate surface area is 89.4 Å². The lowest BCUT2D eigenvalue weighted by atomic mass is 10.1. The third kappa shape index (κ3) is 3.59. The minimum Gasteiger partial charge on any atom is -0.484 e. The first-order chi connectivity index (χ1) is 7.13. The fraction of sp³-hybridized carbons (Fsp3) is 0.364. The van der Waals surface area contributed by atoms with Gasteiger partial charge in [-0.2, -0.15) is 0 Å². The van der Waals surface area contributed by atoms with Gasteiger partial charge < -0.3 is 15.8 Å². The second-order valence-electron chi connectivity index (χ2n) is 3.32. The van der Waals surface area contributed by atoms with Crippen LogP contribution in [-0.4, -0.2) is 19.6 Å². The Morgan fingerprint density at radius 1 is 1.47 bits per heavy atom. The largest absolute Gasteiger partial charge is 0.484 e. The van der Waals surface area contributed by atoms with Crippen molar-refractivity contribution >= 4 is 5.91 Å². The normalized spacial score (nSPS) is 11.9. The fourth-order valence-electron chi connectivity index (χ4n) is 1.09. The smallest absolute Gasteiger partial charge is 0.257 e. The number of ether oxygens (including phenoxy) is 1. The minimum atomic E-state index is -0.147. The summed E-state index contributed by atoms with van der Waals surface area (Å²) in [7, 11) is 1.57. The van der Waals surface area contributed by atoms with E-state index in [9.17, 15) is 4.79 Å². The van der Waals surface area contributed by atoms with Crippen molar-refractivity contribution in [3.05, 3.63) is 29.8 Å². The molecule has 4 heteroatoms. The molecule has 0 fully saturated rings. The summed E-state index contributed by atoms with van der Waals surface area (Å²) in [6.45, 7) is 1.95. The lowest BCUT2D eigenvalue weighted by Crippen LogP contribution is -2.24. The maximum absolute atomic E-state index is 10.9. The Bertz CT molecular complexity index is 320. The van der Waals surface area contributed by atoms with Gasteiger partial charge in [-0.15, -0.1) is 0 Å². The van der Waals surface area contributed by atoms with Crippen molar-refractivity contribution < 1.29 is 9.53 Å². The summed E-state index contributed by atoms with van der Waals surface area (Å²) in [6, 6.07) is 7.41. The standard InChI is InChI=1S/C11H16N2O2/c1-8(12)9-3-5-10(6-4-9)15-7-11(14)13-2/h3-6,8H,7,12H2,1-2H3,(H,13,14). The summed E-state index contributed by atoms with van der Waals surface area (Å²) in [5.41, 5.74) is 6.75. The molecular formula is C11H16N2O2. The molecule has 0 bridgehead atoms. The SMILES string of the molecule is CNC(=O)COc1ccc(C(C)N)cc1. The van der Waals surface area contributed by atoms with E-state index in [1.807, 2.05) is 31.2 Å². The molecule has 0 radical (unpaired) electrons. The van der Waals surface area contributed by atoms with E-state index in [-0.39, 0.29) is 18.6 Å². The number of carbonyl (C=O) groups is 1. The van der Waals surface area contributed by atoms with Gasteiger partial charge in [-0.25, -0.2) is 0 Å². The van der Waals surface area contributed by atoms with E-state index in [2.05, 4.69) is 5.32 Å². The van der Waals surface area contributed by atoms with Crippen LogP contribution in [0, 0.1) is 0 Å². The number of hydrogen-bond acceptors (Lipinski definition) is 3. The van der Waals surface area contributed by atoms with Crippen molar-refractivity contribution in [2.45, 2.75) is 13.0 Å². The van der Waals surface area contributed by atoms with Gasteiger partial charge in [0.25, 0.3) is 5.91 Å². The van der Waals surface area contributed by atoms with E-state index < -0.39 is 0 Å². The highest BCUT2D eigenvalue weighted by atomic mass is 16.5. The Kier molecular flexibility index (Phi) is 4.12. The van der Waals surface area contributed by atoms with E-state index >= 15 is 0 Å². The van der Waals surface area contributed by atoms with Gasteiger partial charge in [0.2, 0.25) is 0 Å². The first kappa shape index (κ1) is 11.5. The van der Waals surface area contributed by atoms with Gasteiger partial charge in [0, 0.05) is 13.1 Å². The van der Waals surface area contributed by atoms with Gasteiger partial charge in [-0.05, 0) is 24.6 Å². The van der Waals surface area contributed by atoms with Crippen molar-refractivity contribution in [3.63, 3.8) is 0 Å². The van der Waals surface area contributed by atoms with Crippen LogP contribution in [0.5, 0.6) is 5.75 Å². The maximum atomic E-state index is 10.9. The van der Waals surface area contributed by atoms with Crippen LogP contribution in [0.4, 0.5) is 0 Å². The summed E-state index contributed by atoms with van der Waals surface area (Å²) in [6.07, 6.45) is 0. The predicted molar refractivity (Wildman–Crippen MR) is 58.6 cm³/mol. The van der Waals surface area contributed by atoms with Crippen LogP contribution in [0.25, 0.3) is 0 Å². The van der Waals surface area contributed by atoms with Crippen molar-refractivity contribution in [1.29, 1.82) is 0 Å². The molecule has 0 heterocycles. The van der Waals surface area contributed by atoms with Gasteiger partial charge >= 0.3 is 0 Å². The molecule has 82 valence electrons. The van der Waals surface area contributed by atoms with Crippen LogP contribution < -0.4 is 15.8 Å². The molecule has 15 heavy (non-hydrogen) atoms. The molecule has 0 aliphatic heterocycles. The van der Waals surface area contributed by atoms with Gasteiger partial charge in [0.05, 0.1) is 0 Å². The van der Waals surface area contributed by atoms with Gasteiger partial charge in [0.1, 0.15) is 5.75 Å². The average molecular weight is 208 g/mol. The zero-order chi connectivity index (χ0) is 11.3. The third-order valence-corrected chi connectivity index (χ3v) is 2.05. The summed E-state index contributed by atoms with van der Waals surface area (Å²) < 4.78 is 5.24. The molecule has 1 atom stereocenters. The molecule has 3 N–H and O–H groups in total. The lowest BCUT2D eigenvalue weighted by Gasteiger charge is -2.08. The molecule has 1 aromatic rings. The molecule has 0 aromatic heterocycles. The molecule has 0 aliphatic rings. The van der Waals surface area contributed by atoms with Crippen molar-refractivity contribution in [2.24, 2.45) is 5.73 Å².